The van der Waals surface area contributed by atoms with Gasteiger partial charge in [-0.3, -0.25) is 10.2 Å². The van der Waals surface area contributed by atoms with E-state index < -0.39 is 5.91 Å². The monoisotopic (exact) mass is 533 g/mol. The summed E-state index contributed by atoms with van der Waals surface area (Å²) in [6, 6.07) is 19.5. The van der Waals surface area contributed by atoms with Crippen LogP contribution in [0.15, 0.2) is 80.8 Å². The van der Waals surface area contributed by atoms with Gasteiger partial charge < -0.3 is 9.30 Å². The number of benzene rings is 2. The van der Waals surface area contributed by atoms with E-state index in [1.54, 1.807) is 6.08 Å². The molecule has 1 N–H and O–H groups in total. The van der Waals surface area contributed by atoms with Crippen LogP contribution in [0, 0.1) is 19.3 Å². The molecular formula is C25H20BrN5O2S. The van der Waals surface area contributed by atoms with Crippen molar-refractivity contribution in [2.75, 3.05) is 6.61 Å². The minimum absolute atomic E-state index is 0.00524. The van der Waals surface area contributed by atoms with E-state index in [-0.39, 0.29) is 18.0 Å². The molecule has 9 heteroatoms. The summed E-state index contributed by atoms with van der Waals surface area (Å²) in [6.07, 6.45) is 1.72. The van der Waals surface area contributed by atoms with Crippen LogP contribution in [-0.4, -0.2) is 38.1 Å². The molecule has 0 radical (unpaired) electrons. The Labute approximate surface area is 209 Å². The summed E-state index contributed by atoms with van der Waals surface area (Å²) >= 11 is 4.71. The summed E-state index contributed by atoms with van der Waals surface area (Å²) in [5, 5.41) is 15.5. The van der Waals surface area contributed by atoms with Crippen LogP contribution >= 0.6 is 27.7 Å². The first kappa shape index (κ1) is 22.4. The number of amides is 1. The molecular weight excluding hydrogens is 514 g/mol. The molecule has 1 aromatic heterocycles. The fraction of sp³-hybridized carbons (Fsp3) is 0.120. The molecule has 0 saturated carbocycles. The number of aliphatic imine (C=N–C) groups is 1. The van der Waals surface area contributed by atoms with Crippen LogP contribution in [-0.2, 0) is 4.79 Å². The molecule has 0 unspecified atom stereocenters. The average Bonchev–Trinajstić information content (AvgIpc) is 3.36. The highest BCUT2D eigenvalue weighted by Crippen LogP contribution is 2.30. The Morgan fingerprint density at radius 1 is 1.12 bits per heavy atom. The van der Waals surface area contributed by atoms with Crippen molar-refractivity contribution in [2.45, 2.75) is 13.8 Å². The second-order valence-corrected chi connectivity index (χ2v) is 9.71. The van der Waals surface area contributed by atoms with Gasteiger partial charge in [0.05, 0.1) is 5.57 Å². The smallest absolute Gasteiger partial charge is 0.283 e. The number of fused-ring (bicyclic) bond motifs is 1. The molecule has 0 atom stereocenters. The van der Waals surface area contributed by atoms with E-state index >= 15 is 0 Å². The number of halogens is 1. The SMILES string of the molecule is Cc1cc(C=C2C(=N)N3N=C(COc4ccccc4)SC3=NC2=O)c(C)n1-c1ccc(Br)cc1. The second kappa shape index (κ2) is 9.08. The topological polar surface area (TPSA) is 83.0 Å². The van der Waals surface area contributed by atoms with Crippen molar-refractivity contribution in [3.05, 3.63) is 87.7 Å². The number of carbonyl (C=O) groups is 1. The highest BCUT2D eigenvalue weighted by molar-refractivity contribution is 9.10. The third-order valence-corrected chi connectivity index (χ3v) is 6.87. The average molecular weight is 534 g/mol. The molecule has 2 aliphatic heterocycles. The molecule has 1 amide bonds. The lowest BCUT2D eigenvalue weighted by Crippen LogP contribution is -2.35. The van der Waals surface area contributed by atoms with Gasteiger partial charge in [-0.1, -0.05) is 34.1 Å². The molecule has 0 spiro atoms. The minimum atomic E-state index is -0.447. The number of hydrogen-bond acceptors (Lipinski definition) is 5. The van der Waals surface area contributed by atoms with E-state index in [4.69, 9.17) is 10.1 Å². The molecule has 0 bridgehead atoms. The predicted molar refractivity (Wildman–Crippen MR) is 140 cm³/mol. The molecule has 3 aromatic rings. The fourth-order valence-electron chi connectivity index (χ4n) is 3.83. The standard InChI is InChI=1S/C25H20BrN5O2S/c1-15-12-17(16(2)30(15)19-10-8-18(26)9-11-19)13-21-23(27)31-25(28-24(21)32)34-22(29-31)14-33-20-6-4-3-5-7-20/h3-13,27H,14H2,1-2H3. The number of rotatable bonds is 5. The van der Waals surface area contributed by atoms with Gasteiger partial charge in [-0.05, 0) is 79.7 Å². The van der Waals surface area contributed by atoms with Gasteiger partial charge in [-0.15, -0.1) is 0 Å². The van der Waals surface area contributed by atoms with Gasteiger partial charge >= 0.3 is 0 Å². The number of aromatic nitrogens is 1. The van der Waals surface area contributed by atoms with Crippen molar-refractivity contribution in [1.82, 2.24) is 9.58 Å². The van der Waals surface area contributed by atoms with Crippen LogP contribution in [0.25, 0.3) is 11.8 Å². The molecule has 0 saturated heterocycles. The maximum Gasteiger partial charge on any atom is 0.283 e. The Bertz CT molecular complexity index is 1390. The van der Waals surface area contributed by atoms with E-state index in [2.05, 4.69) is 30.6 Å². The highest BCUT2D eigenvalue weighted by Gasteiger charge is 2.36. The van der Waals surface area contributed by atoms with Crippen LogP contribution in [0.1, 0.15) is 17.0 Å². The Balaban J connectivity index is 1.41. The number of carbonyl (C=O) groups excluding carboxylic acids is 1. The Hall–Kier alpha value is -3.43. The van der Waals surface area contributed by atoms with Crippen molar-refractivity contribution in [3.63, 3.8) is 0 Å². The number of nitrogens with one attached hydrogen (secondary N) is 1. The van der Waals surface area contributed by atoms with E-state index in [0.717, 1.165) is 32.9 Å². The summed E-state index contributed by atoms with van der Waals surface area (Å²) in [5.74, 6) is 0.286. The van der Waals surface area contributed by atoms with E-state index in [9.17, 15) is 4.79 Å². The number of amidine groups is 2. The zero-order valence-corrected chi connectivity index (χ0v) is 20.9. The third kappa shape index (κ3) is 4.24. The van der Waals surface area contributed by atoms with Crippen molar-refractivity contribution in [3.8, 4) is 11.4 Å². The van der Waals surface area contributed by atoms with Crippen LogP contribution in [0.2, 0.25) is 0 Å². The molecule has 2 aromatic carbocycles. The zero-order valence-electron chi connectivity index (χ0n) is 18.4. The van der Waals surface area contributed by atoms with Crippen molar-refractivity contribution in [2.24, 2.45) is 10.1 Å². The van der Waals surface area contributed by atoms with E-state index in [1.807, 2.05) is 74.5 Å². The van der Waals surface area contributed by atoms with Gasteiger partial charge in [0.25, 0.3) is 5.91 Å². The van der Waals surface area contributed by atoms with Gasteiger partial charge in [-0.25, -0.2) is 0 Å². The number of ether oxygens (including phenoxy) is 1. The summed E-state index contributed by atoms with van der Waals surface area (Å²) in [5.41, 5.74) is 4.08. The quantitative estimate of drug-likeness (QED) is 0.435. The summed E-state index contributed by atoms with van der Waals surface area (Å²) in [6.45, 7) is 4.25. The predicted octanol–water partition coefficient (Wildman–Crippen LogP) is 5.55. The summed E-state index contributed by atoms with van der Waals surface area (Å²) in [7, 11) is 0. The first-order valence-electron chi connectivity index (χ1n) is 10.5. The summed E-state index contributed by atoms with van der Waals surface area (Å²) in [4.78, 5) is 17.0. The third-order valence-electron chi connectivity index (χ3n) is 5.46. The lowest BCUT2D eigenvalue weighted by molar-refractivity contribution is -0.114. The lowest BCUT2D eigenvalue weighted by atomic mass is 10.1. The lowest BCUT2D eigenvalue weighted by Gasteiger charge is -2.20. The van der Waals surface area contributed by atoms with Crippen molar-refractivity contribution < 1.29 is 9.53 Å². The molecule has 3 heterocycles. The number of para-hydroxylation sites is 1. The maximum atomic E-state index is 12.8. The number of hydrazone groups is 1. The fourth-order valence-corrected chi connectivity index (χ4v) is 4.89. The number of aryl methyl sites for hydroxylation is 1. The second-order valence-electron chi connectivity index (χ2n) is 7.75. The summed E-state index contributed by atoms with van der Waals surface area (Å²) < 4.78 is 8.88. The largest absolute Gasteiger partial charge is 0.487 e. The Morgan fingerprint density at radius 3 is 2.59 bits per heavy atom. The zero-order chi connectivity index (χ0) is 23.8. The Morgan fingerprint density at radius 2 is 1.85 bits per heavy atom. The number of nitrogens with zero attached hydrogens (tertiary/aromatic N) is 4. The molecule has 2 aliphatic rings. The van der Waals surface area contributed by atoms with Gasteiger partial charge in [0, 0.05) is 21.5 Å². The molecule has 34 heavy (non-hydrogen) atoms. The van der Waals surface area contributed by atoms with Crippen LogP contribution < -0.4 is 4.74 Å². The van der Waals surface area contributed by atoms with Crippen LogP contribution in [0.5, 0.6) is 5.75 Å². The molecule has 0 aliphatic carbocycles. The minimum Gasteiger partial charge on any atom is -0.487 e. The van der Waals surface area contributed by atoms with Crippen molar-refractivity contribution in [1.29, 1.82) is 5.41 Å². The number of hydrogen-bond donors (Lipinski definition) is 1. The van der Waals surface area contributed by atoms with E-state index in [0.29, 0.717) is 10.2 Å². The van der Waals surface area contributed by atoms with Gasteiger partial charge in [0.1, 0.15) is 17.4 Å². The van der Waals surface area contributed by atoms with Gasteiger partial charge in [-0.2, -0.15) is 15.1 Å². The van der Waals surface area contributed by atoms with Gasteiger partial charge in [0.15, 0.2) is 5.84 Å². The Kier molecular flexibility index (Phi) is 5.97. The normalized spacial score (nSPS) is 16.6. The highest BCUT2D eigenvalue weighted by atomic mass is 79.9. The van der Waals surface area contributed by atoms with Gasteiger partial charge in [0.2, 0.25) is 5.17 Å². The first-order valence-corrected chi connectivity index (χ1v) is 12.1. The molecule has 7 nitrogen and oxygen atoms in total. The molecule has 170 valence electrons. The van der Waals surface area contributed by atoms with Crippen molar-refractivity contribution >= 4 is 55.7 Å². The van der Waals surface area contributed by atoms with Crippen LogP contribution in [0.4, 0.5) is 0 Å². The molecule has 0 fully saturated rings. The number of thioether (sulfide) groups is 1. The van der Waals surface area contributed by atoms with Crippen LogP contribution in [0.3, 0.4) is 0 Å². The van der Waals surface area contributed by atoms with E-state index in [1.165, 1.54) is 16.8 Å². The molecule has 5 rings (SSSR count). The first-order chi connectivity index (χ1) is 16.4. The maximum absolute atomic E-state index is 12.8.